The van der Waals surface area contributed by atoms with Gasteiger partial charge in [-0.15, -0.1) is 0 Å². The Morgan fingerprint density at radius 2 is 1.76 bits per heavy atom. The third-order valence-electron chi connectivity index (χ3n) is 5.62. The molecule has 0 unspecified atom stereocenters. The Kier molecular flexibility index (Phi) is 5.14. The van der Waals surface area contributed by atoms with E-state index in [0.29, 0.717) is 18.7 Å². The summed E-state index contributed by atoms with van der Waals surface area (Å²) >= 11 is 0. The minimum absolute atomic E-state index is 0.0916. The number of nitrogens with zero attached hydrogens (tertiary/aromatic N) is 2. The van der Waals surface area contributed by atoms with Crippen molar-refractivity contribution in [1.29, 1.82) is 0 Å². The van der Waals surface area contributed by atoms with Gasteiger partial charge in [-0.1, -0.05) is 6.07 Å². The molecule has 0 radical (unpaired) electrons. The van der Waals surface area contributed by atoms with Crippen LogP contribution in [0.2, 0.25) is 0 Å². The lowest BCUT2D eigenvalue weighted by Gasteiger charge is -2.32. The highest BCUT2D eigenvalue weighted by Crippen LogP contribution is 2.38. The van der Waals surface area contributed by atoms with E-state index in [1.807, 2.05) is 4.90 Å². The van der Waals surface area contributed by atoms with E-state index in [9.17, 15) is 13.6 Å². The molecule has 3 rings (SSSR count). The number of amides is 1. The molecule has 2 heterocycles. The normalized spacial score (nSPS) is 25.4. The molecule has 2 aliphatic heterocycles. The summed E-state index contributed by atoms with van der Waals surface area (Å²) in [5.41, 5.74) is 0.370. The van der Waals surface area contributed by atoms with Gasteiger partial charge in [-0.3, -0.25) is 9.69 Å². The zero-order chi connectivity index (χ0) is 18.2. The molecule has 5 heteroatoms. The number of hydrogen-bond acceptors (Lipinski definition) is 2. The van der Waals surface area contributed by atoms with Crippen molar-refractivity contribution in [3.63, 3.8) is 0 Å². The van der Waals surface area contributed by atoms with Gasteiger partial charge in [0, 0.05) is 43.7 Å². The molecule has 2 atom stereocenters. The van der Waals surface area contributed by atoms with Crippen LogP contribution in [0.1, 0.15) is 51.5 Å². The lowest BCUT2D eigenvalue weighted by Crippen LogP contribution is -2.43. The van der Waals surface area contributed by atoms with Crippen molar-refractivity contribution in [3.8, 4) is 0 Å². The molecule has 0 aliphatic carbocycles. The van der Waals surface area contributed by atoms with Crippen LogP contribution in [0.25, 0.3) is 0 Å². The minimum atomic E-state index is -0.578. The van der Waals surface area contributed by atoms with Crippen LogP contribution in [0.4, 0.5) is 8.78 Å². The molecule has 0 N–H and O–H groups in total. The zero-order valence-electron chi connectivity index (χ0n) is 15.4. The standard InChI is InChI=1S/C20H28F2N2O/c1-20(2,3)24-12-16(15-8-7-14(21)11-18(15)22)17(13-24)19(25)23-9-5-4-6-10-23/h7-8,11,16-17H,4-6,9-10,12-13H2,1-3H3/t16-,17+/m0/s1. The fourth-order valence-electron chi connectivity index (χ4n) is 4.07. The number of rotatable bonds is 2. The summed E-state index contributed by atoms with van der Waals surface area (Å²) in [4.78, 5) is 17.3. The molecule has 0 saturated carbocycles. The molecule has 0 bridgehead atoms. The predicted octanol–water partition coefficient (Wildman–Crippen LogP) is 3.79. The highest BCUT2D eigenvalue weighted by atomic mass is 19.1. The molecule has 1 aromatic rings. The fourth-order valence-corrected chi connectivity index (χ4v) is 4.07. The van der Waals surface area contributed by atoms with Gasteiger partial charge in [0.05, 0.1) is 5.92 Å². The van der Waals surface area contributed by atoms with Gasteiger partial charge >= 0.3 is 0 Å². The number of piperidine rings is 1. The van der Waals surface area contributed by atoms with Crippen molar-refractivity contribution < 1.29 is 13.6 Å². The first-order valence-corrected chi connectivity index (χ1v) is 9.26. The number of halogens is 2. The number of likely N-dealkylation sites (tertiary alicyclic amines) is 2. The maximum atomic E-state index is 14.4. The largest absolute Gasteiger partial charge is 0.342 e. The van der Waals surface area contributed by atoms with E-state index in [1.54, 1.807) is 0 Å². The van der Waals surface area contributed by atoms with Crippen LogP contribution in [0.5, 0.6) is 0 Å². The topological polar surface area (TPSA) is 23.6 Å². The molecule has 1 amide bonds. The van der Waals surface area contributed by atoms with E-state index in [-0.39, 0.29) is 23.3 Å². The second kappa shape index (κ2) is 7.02. The Morgan fingerprint density at radius 1 is 1.08 bits per heavy atom. The first kappa shape index (κ1) is 18.3. The van der Waals surface area contributed by atoms with Crippen LogP contribution in [0.15, 0.2) is 18.2 Å². The van der Waals surface area contributed by atoms with Gasteiger partial charge in [0.1, 0.15) is 11.6 Å². The van der Waals surface area contributed by atoms with Gasteiger partial charge in [-0.05, 0) is 51.7 Å². The Bertz CT molecular complexity index is 635. The summed E-state index contributed by atoms with van der Waals surface area (Å²) in [5.74, 6) is -1.49. The maximum absolute atomic E-state index is 14.4. The molecule has 138 valence electrons. The molecular weight excluding hydrogens is 322 g/mol. The maximum Gasteiger partial charge on any atom is 0.227 e. The molecule has 3 nitrogen and oxygen atoms in total. The third-order valence-corrected chi connectivity index (χ3v) is 5.62. The van der Waals surface area contributed by atoms with Crippen LogP contribution in [-0.2, 0) is 4.79 Å². The van der Waals surface area contributed by atoms with Crippen molar-refractivity contribution in [2.24, 2.45) is 5.92 Å². The van der Waals surface area contributed by atoms with E-state index in [1.165, 1.54) is 18.6 Å². The molecular formula is C20H28F2N2O. The van der Waals surface area contributed by atoms with Gasteiger partial charge in [0.15, 0.2) is 0 Å². The van der Waals surface area contributed by atoms with Crippen molar-refractivity contribution in [3.05, 3.63) is 35.4 Å². The molecule has 0 spiro atoms. The predicted molar refractivity (Wildman–Crippen MR) is 94.3 cm³/mol. The summed E-state index contributed by atoms with van der Waals surface area (Å²) < 4.78 is 27.7. The average molecular weight is 350 g/mol. The van der Waals surface area contributed by atoms with Gasteiger partial charge in [0.2, 0.25) is 5.91 Å². The molecule has 2 saturated heterocycles. The Morgan fingerprint density at radius 3 is 2.36 bits per heavy atom. The van der Waals surface area contributed by atoms with E-state index in [2.05, 4.69) is 25.7 Å². The summed E-state index contributed by atoms with van der Waals surface area (Å²) in [6.07, 6.45) is 3.24. The average Bonchev–Trinajstić information content (AvgIpc) is 3.00. The zero-order valence-corrected chi connectivity index (χ0v) is 15.4. The van der Waals surface area contributed by atoms with Crippen molar-refractivity contribution >= 4 is 5.91 Å². The van der Waals surface area contributed by atoms with E-state index in [0.717, 1.165) is 32.0 Å². The number of hydrogen-bond donors (Lipinski definition) is 0. The number of benzene rings is 1. The van der Waals surface area contributed by atoms with Crippen molar-refractivity contribution in [2.75, 3.05) is 26.2 Å². The monoisotopic (exact) mass is 350 g/mol. The SMILES string of the molecule is CC(C)(C)N1C[C@@H](C(=O)N2CCCCC2)[C@H](c2ccc(F)cc2F)C1. The Hall–Kier alpha value is -1.49. The summed E-state index contributed by atoms with van der Waals surface area (Å²) in [6, 6.07) is 3.73. The second-order valence-corrected chi connectivity index (χ2v) is 8.34. The summed E-state index contributed by atoms with van der Waals surface area (Å²) in [6.45, 7) is 9.17. The minimum Gasteiger partial charge on any atom is -0.342 e. The highest BCUT2D eigenvalue weighted by Gasteiger charge is 2.44. The number of carbonyl (C=O) groups excluding carboxylic acids is 1. The lowest BCUT2D eigenvalue weighted by molar-refractivity contribution is -0.136. The smallest absolute Gasteiger partial charge is 0.227 e. The van der Waals surface area contributed by atoms with Gasteiger partial charge in [-0.25, -0.2) is 8.78 Å². The quantitative estimate of drug-likeness (QED) is 0.810. The van der Waals surface area contributed by atoms with Crippen LogP contribution in [0.3, 0.4) is 0 Å². The van der Waals surface area contributed by atoms with Crippen LogP contribution >= 0.6 is 0 Å². The van der Waals surface area contributed by atoms with Crippen LogP contribution in [0, 0.1) is 17.6 Å². The van der Waals surface area contributed by atoms with Gasteiger partial charge in [0.25, 0.3) is 0 Å². The second-order valence-electron chi connectivity index (χ2n) is 8.34. The van der Waals surface area contributed by atoms with Crippen molar-refractivity contribution in [2.45, 2.75) is 51.5 Å². The van der Waals surface area contributed by atoms with Crippen LogP contribution < -0.4 is 0 Å². The molecule has 2 aliphatic rings. The summed E-state index contributed by atoms with van der Waals surface area (Å²) in [5, 5.41) is 0. The molecule has 0 aromatic heterocycles. The van der Waals surface area contributed by atoms with Gasteiger partial charge < -0.3 is 4.90 Å². The van der Waals surface area contributed by atoms with E-state index >= 15 is 0 Å². The first-order valence-electron chi connectivity index (χ1n) is 9.26. The lowest BCUT2D eigenvalue weighted by atomic mass is 9.87. The van der Waals surface area contributed by atoms with E-state index in [4.69, 9.17) is 0 Å². The Labute approximate surface area is 149 Å². The first-order chi connectivity index (χ1) is 11.8. The van der Waals surface area contributed by atoms with E-state index < -0.39 is 11.6 Å². The fraction of sp³-hybridized carbons (Fsp3) is 0.650. The third kappa shape index (κ3) is 3.86. The highest BCUT2D eigenvalue weighted by molar-refractivity contribution is 5.80. The Balaban J connectivity index is 1.90. The molecule has 1 aromatic carbocycles. The molecule has 25 heavy (non-hydrogen) atoms. The van der Waals surface area contributed by atoms with Gasteiger partial charge in [-0.2, -0.15) is 0 Å². The number of carbonyl (C=O) groups is 1. The molecule has 2 fully saturated rings. The van der Waals surface area contributed by atoms with Crippen molar-refractivity contribution in [1.82, 2.24) is 9.80 Å². The van der Waals surface area contributed by atoms with Crippen LogP contribution in [-0.4, -0.2) is 47.4 Å². The summed E-state index contributed by atoms with van der Waals surface area (Å²) in [7, 11) is 0.